The monoisotopic (exact) mass is 556 g/mol. The van der Waals surface area contributed by atoms with E-state index >= 15 is 0 Å². The van der Waals surface area contributed by atoms with Gasteiger partial charge >= 0.3 is 11.9 Å². The van der Waals surface area contributed by atoms with Crippen LogP contribution < -0.4 is 16.4 Å². The number of carboxylic acid groups (broad SMARTS) is 2. The second-order valence-corrected chi connectivity index (χ2v) is 9.60. The highest BCUT2D eigenvalue weighted by atomic mass is 16.4. The molecule has 0 spiro atoms. The largest absolute Gasteiger partial charge is 0.508 e. The van der Waals surface area contributed by atoms with Crippen molar-refractivity contribution in [2.45, 2.75) is 56.3 Å². The van der Waals surface area contributed by atoms with E-state index in [1.54, 1.807) is 24.3 Å². The summed E-state index contributed by atoms with van der Waals surface area (Å²) >= 11 is 0. The number of aliphatic carboxylic acids is 2. The Bertz CT molecular complexity index is 1230. The molecule has 1 fully saturated rings. The standard InChI is InChI=1S/C27H32N4O9/c28-19(12-15-3-7-17(32)8-4-15)24(36)29-20(13-16-5-9-18(33)10-6-16)26(38)31-11-1-2-22(31)25(37)30-21(27(39)40)14-23(34)35/h3-10,19-22,32-33H,1-2,11-14,28H2,(H,29,36)(H,30,37)(H,34,35)(H,39,40). The van der Waals surface area contributed by atoms with Crippen LogP contribution in [0.1, 0.15) is 30.4 Å². The highest BCUT2D eigenvalue weighted by Gasteiger charge is 2.39. The molecule has 0 radical (unpaired) electrons. The Morgan fingerprint density at radius 3 is 1.93 bits per heavy atom. The molecule has 0 aromatic heterocycles. The fourth-order valence-electron chi connectivity index (χ4n) is 4.47. The number of hydrogen-bond donors (Lipinski definition) is 7. The van der Waals surface area contributed by atoms with Gasteiger partial charge in [-0.25, -0.2) is 4.79 Å². The van der Waals surface area contributed by atoms with Crippen molar-refractivity contribution in [1.29, 1.82) is 0 Å². The minimum Gasteiger partial charge on any atom is -0.508 e. The van der Waals surface area contributed by atoms with Gasteiger partial charge in [0.05, 0.1) is 12.5 Å². The molecule has 1 aliphatic heterocycles. The summed E-state index contributed by atoms with van der Waals surface area (Å²) in [6.07, 6.45) is -0.0440. The van der Waals surface area contributed by atoms with E-state index in [2.05, 4.69) is 10.6 Å². The molecule has 2 aromatic rings. The number of carbonyl (C=O) groups is 5. The van der Waals surface area contributed by atoms with Crippen molar-refractivity contribution < 1.29 is 44.4 Å². The molecule has 3 amide bonds. The third-order valence-electron chi connectivity index (χ3n) is 6.55. The molecule has 8 N–H and O–H groups in total. The quantitative estimate of drug-likeness (QED) is 0.181. The third-order valence-corrected chi connectivity index (χ3v) is 6.55. The predicted molar refractivity (Wildman–Crippen MR) is 140 cm³/mol. The van der Waals surface area contributed by atoms with Crippen LogP contribution in [-0.2, 0) is 36.8 Å². The van der Waals surface area contributed by atoms with Gasteiger partial charge in [0.1, 0.15) is 29.6 Å². The zero-order valence-electron chi connectivity index (χ0n) is 21.5. The molecule has 2 aromatic carbocycles. The van der Waals surface area contributed by atoms with Crippen LogP contribution in [0.3, 0.4) is 0 Å². The molecule has 0 saturated carbocycles. The van der Waals surface area contributed by atoms with E-state index in [9.17, 15) is 39.3 Å². The predicted octanol–water partition coefficient (Wildman–Crippen LogP) is -0.270. The Kier molecular flexibility index (Phi) is 10.0. The van der Waals surface area contributed by atoms with Gasteiger partial charge in [0.25, 0.3) is 0 Å². The Hall–Kier alpha value is -4.65. The summed E-state index contributed by atoms with van der Waals surface area (Å²) in [6.45, 7) is 0.162. The SMILES string of the molecule is NC(Cc1ccc(O)cc1)C(=O)NC(Cc1ccc(O)cc1)C(=O)N1CCCC1C(=O)NC(CC(=O)O)C(=O)O. The van der Waals surface area contributed by atoms with Crippen LogP contribution in [0, 0.1) is 0 Å². The number of nitrogens with one attached hydrogen (secondary N) is 2. The van der Waals surface area contributed by atoms with Gasteiger partial charge < -0.3 is 41.7 Å². The van der Waals surface area contributed by atoms with Gasteiger partial charge in [-0.3, -0.25) is 19.2 Å². The average Bonchev–Trinajstić information content (AvgIpc) is 3.40. The van der Waals surface area contributed by atoms with Crippen LogP contribution in [0.4, 0.5) is 0 Å². The van der Waals surface area contributed by atoms with Crippen molar-refractivity contribution in [3.8, 4) is 11.5 Å². The second kappa shape index (κ2) is 13.4. The normalized spacial score (nSPS) is 16.9. The van der Waals surface area contributed by atoms with Crippen LogP contribution >= 0.6 is 0 Å². The summed E-state index contributed by atoms with van der Waals surface area (Å²) in [4.78, 5) is 63.3. The Balaban J connectivity index is 1.78. The highest BCUT2D eigenvalue weighted by Crippen LogP contribution is 2.21. The lowest BCUT2D eigenvalue weighted by molar-refractivity contribution is -0.148. The van der Waals surface area contributed by atoms with Crippen LogP contribution in [0.15, 0.2) is 48.5 Å². The molecule has 13 nitrogen and oxygen atoms in total. The summed E-state index contributed by atoms with van der Waals surface area (Å²) in [5.74, 6) is -4.89. The van der Waals surface area contributed by atoms with Crippen molar-refractivity contribution >= 4 is 29.7 Å². The number of hydrogen-bond acceptors (Lipinski definition) is 8. The number of nitrogens with zero attached hydrogens (tertiary/aromatic N) is 1. The number of nitrogens with two attached hydrogens (primary N) is 1. The van der Waals surface area contributed by atoms with Gasteiger partial charge in [-0.2, -0.15) is 0 Å². The van der Waals surface area contributed by atoms with Crippen molar-refractivity contribution in [3.63, 3.8) is 0 Å². The van der Waals surface area contributed by atoms with Gasteiger partial charge in [0, 0.05) is 13.0 Å². The number of likely N-dealkylation sites (tertiary alicyclic amines) is 1. The summed E-state index contributed by atoms with van der Waals surface area (Å²) < 4.78 is 0. The number of phenolic OH excluding ortho intramolecular Hbond substituents is 2. The van der Waals surface area contributed by atoms with E-state index in [0.717, 1.165) is 0 Å². The molecular weight excluding hydrogens is 524 g/mol. The topological polar surface area (TPSA) is 220 Å². The summed E-state index contributed by atoms with van der Waals surface area (Å²) in [6, 6.07) is 7.24. The fraction of sp³-hybridized carbons (Fsp3) is 0.370. The van der Waals surface area contributed by atoms with Crippen LogP contribution in [0.25, 0.3) is 0 Å². The zero-order valence-corrected chi connectivity index (χ0v) is 21.5. The van der Waals surface area contributed by atoms with E-state index in [1.807, 2.05) is 0 Å². The summed E-state index contributed by atoms with van der Waals surface area (Å²) in [5, 5.41) is 42.2. The van der Waals surface area contributed by atoms with Crippen LogP contribution in [-0.4, -0.2) is 85.7 Å². The molecule has 3 rings (SSSR count). The van der Waals surface area contributed by atoms with Crippen molar-refractivity contribution in [1.82, 2.24) is 15.5 Å². The van der Waals surface area contributed by atoms with Gasteiger partial charge in [-0.1, -0.05) is 24.3 Å². The molecule has 0 aliphatic carbocycles. The molecule has 0 bridgehead atoms. The number of carbonyl (C=O) groups excluding carboxylic acids is 3. The number of carboxylic acids is 2. The second-order valence-electron chi connectivity index (χ2n) is 9.60. The summed E-state index contributed by atoms with van der Waals surface area (Å²) in [5.41, 5.74) is 7.40. The Morgan fingerprint density at radius 2 is 1.40 bits per heavy atom. The molecule has 4 unspecified atom stereocenters. The van der Waals surface area contributed by atoms with Gasteiger partial charge in [-0.15, -0.1) is 0 Å². The maximum Gasteiger partial charge on any atom is 0.326 e. The Morgan fingerprint density at radius 1 is 0.850 bits per heavy atom. The number of aromatic hydroxyl groups is 2. The molecule has 4 atom stereocenters. The first-order valence-electron chi connectivity index (χ1n) is 12.6. The lowest BCUT2D eigenvalue weighted by Crippen LogP contribution is -2.57. The van der Waals surface area contributed by atoms with E-state index in [1.165, 1.54) is 29.2 Å². The first-order chi connectivity index (χ1) is 18.9. The van der Waals surface area contributed by atoms with Crippen LogP contribution in [0.5, 0.6) is 11.5 Å². The van der Waals surface area contributed by atoms with E-state index in [-0.39, 0.29) is 37.3 Å². The highest BCUT2D eigenvalue weighted by molar-refractivity contribution is 5.95. The number of amides is 3. The van der Waals surface area contributed by atoms with Gasteiger partial charge in [0.15, 0.2) is 0 Å². The number of rotatable bonds is 12. The Labute approximate surface area is 229 Å². The summed E-state index contributed by atoms with van der Waals surface area (Å²) in [7, 11) is 0. The molecule has 1 aliphatic rings. The molecule has 13 heteroatoms. The maximum absolute atomic E-state index is 13.7. The molecule has 214 valence electrons. The number of benzene rings is 2. The maximum atomic E-state index is 13.7. The van der Waals surface area contributed by atoms with Crippen LogP contribution in [0.2, 0.25) is 0 Å². The minimum absolute atomic E-state index is 0.0113. The lowest BCUT2D eigenvalue weighted by Gasteiger charge is -2.30. The molecule has 40 heavy (non-hydrogen) atoms. The first-order valence-corrected chi connectivity index (χ1v) is 12.6. The molecular formula is C27H32N4O9. The van der Waals surface area contributed by atoms with Crippen molar-refractivity contribution in [3.05, 3.63) is 59.7 Å². The minimum atomic E-state index is -1.67. The average molecular weight is 557 g/mol. The molecule has 1 heterocycles. The van der Waals surface area contributed by atoms with E-state index < -0.39 is 60.2 Å². The van der Waals surface area contributed by atoms with E-state index in [4.69, 9.17) is 10.8 Å². The smallest absolute Gasteiger partial charge is 0.326 e. The zero-order chi connectivity index (χ0) is 29.4. The van der Waals surface area contributed by atoms with Gasteiger partial charge in [-0.05, 0) is 54.7 Å². The van der Waals surface area contributed by atoms with Crippen molar-refractivity contribution in [2.24, 2.45) is 5.73 Å². The lowest BCUT2D eigenvalue weighted by atomic mass is 10.0. The molecule has 1 saturated heterocycles. The number of phenols is 2. The first kappa shape index (κ1) is 29.9. The third kappa shape index (κ3) is 8.17. The van der Waals surface area contributed by atoms with Gasteiger partial charge in [0.2, 0.25) is 17.7 Å². The van der Waals surface area contributed by atoms with Crippen molar-refractivity contribution in [2.75, 3.05) is 6.54 Å². The fourth-order valence-corrected chi connectivity index (χ4v) is 4.47. The van der Waals surface area contributed by atoms with E-state index in [0.29, 0.717) is 17.5 Å².